The van der Waals surface area contributed by atoms with E-state index in [0.717, 1.165) is 24.2 Å². The van der Waals surface area contributed by atoms with Crippen LogP contribution >= 0.6 is 0 Å². The minimum absolute atomic E-state index is 0.0288. The van der Waals surface area contributed by atoms with Crippen molar-refractivity contribution in [3.63, 3.8) is 0 Å². The van der Waals surface area contributed by atoms with Crippen molar-refractivity contribution in [2.75, 3.05) is 0 Å². The molecular weight excluding hydrogens is 280 g/mol. The third-order valence-corrected chi connectivity index (χ3v) is 9.47. The third kappa shape index (κ3) is 2.07. The maximum Gasteiger partial charge on any atom is 0.139 e. The highest BCUT2D eigenvalue weighted by atomic mass is 16.1. The Bertz CT molecular complexity index is 496. The molecule has 130 valence electrons. The Labute approximate surface area is 143 Å². The number of fused-ring (bicyclic) bond motifs is 5. The van der Waals surface area contributed by atoms with Crippen molar-refractivity contribution in [1.82, 2.24) is 0 Å². The fourth-order valence-corrected chi connectivity index (χ4v) is 7.94. The minimum Gasteiger partial charge on any atom is -0.299 e. The Kier molecular flexibility index (Phi) is 3.75. The van der Waals surface area contributed by atoms with Gasteiger partial charge >= 0.3 is 0 Å². The zero-order valence-corrected chi connectivity index (χ0v) is 15.7. The summed E-state index contributed by atoms with van der Waals surface area (Å²) in [6.07, 6.45) is 11.8. The first-order valence-corrected chi connectivity index (χ1v) is 10.4. The second-order valence-electron chi connectivity index (χ2n) is 10.1. The van der Waals surface area contributed by atoms with E-state index in [1.54, 1.807) is 0 Å². The van der Waals surface area contributed by atoms with Crippen LogP contribution in [0.1, 0.15) is 85.5 Å². The van der Waals surface area contributed by atoms with Gasteiger partial charge in [-0.15, -0.1) is 0 Å². The summed E-state index contributed by atoms with van der Waals surface area (Å²) < 4.78 is 0. The lowest BCUT2D eigenvalue weighted by molar-refractivity contribution is -0.157. The molecule has 0 N–H and O–H groups in total. The molecule has 0 saturated heterocycles. The molecule has 8 atom stereocenters. The number of carbonyl (C=O) groups is 1. The molecule has 0 aromatic rings. The highest BCUT2D eigenvalue weighted by Gasteiger charge is 2.62. The van der Waals surface area contributed by atoms with Gasteiger partial charge in [-0.1, -0.05) is 40.5 Å². The van der Waals surface area contributed by atoms with E-state index in [9.17, 15) is 4.79 Å². The largest absolute Gasteiger partial charge is 0.299 e. The Morgan fingerprint density at radius 1 is 1.04 bits per heavy atom. The molecule has 0 bridgehead atoms. The van der Waals surface area contributed by atoms with E-state index in [1.807, 2.05) is 0 Å². The average Bonchev–Trinajstić information content (AvgIpc) is 2.87. The number of rotatable bonds is 1. The van der Waals surface area contributed by atoms with Crippen LogP contribution in [0.4, 0.5) is 0 Å². The van der Waals surface area contributed by atoms with Crippen molar-refractivity contribution in [3.8, 4) is 0 Å². The Hall–Kier alpha value is -0.330. The molecule has 0 aromatic carbocycles. The highest BCUT2D eigenvalue weighted by Crippen LogP contribution is 2.66. The van der Waals surface area contributed by atoms with Crippen LogP contribution in [0, 0.1) is 46.3 Å². The standard InChI is InChI=1S/C22H36O/c1-5-15-7-9-18-17-8-6-16-12-14(2)10-11-21(16,3)19(17)13-20(23)22(15,18)4/h14-19H,5-13H2,1-4H3/t14?,15-,16?,17?,18?,19?,21-,22+/m0/s1. The lowest BCUT2D eigenvalue weighted by atomic mass is 9.44. The molecule has 4 aliphatic rings. The monoisotopic (exact) mass is 316 g/mol. The lowest BCUT2D eigenvalue weighted by Gasteiger charge is -2.60. The first-order chi connectivity index (χ1) is 10.9. The van der Waals surface area contributed by atoms with E-state index in [2.05, 4.69) is 27.7 Å². The molecule has 0 amide bonds. The molecule has 1 heteroatoms. The number of carbonyl (C=O) groups excluding carboxylic acids is 1. The predicted octanol–water partition coefficient (Wildman–Crippen LogP) is 5.87. The number of Topliss-reactive ketones (excluding diaryl/α,β-unsaturated/α-hetero) is 1. The van der Waals surface area contributed by atoms with Crippen LogP contribution in [0.25, 0.3) is 0 Å². The third-order valence-electron chi connectivity index (χ3n) is 9.47. The molecule has 0 heterocycles. The van der Waals surface area contributed by atoms with Crippen LogP contribution in [0.15, 0.2) is 0 Å². The predicted molar refractivity (Wildman–Crippen MR) is 95.1 cm³/mol. The summed E-state index contributed by atoms with van der Waals surface area (Å²) in [5, 5.41) is 0. The van der Waals surface area contributed by atoms with Gasteiger partial charge in [-0.05, 0) is 79.4 Å². The Morgan fingerprint density at radius 2 is 1.83 bits per heavy atom. The summed E-state index contributed by atoms with van der Waals surface area (Å²) >= 11 is 0. The fourth-order valence-electron chi connectivity index (χ4n) is 7.94. The van der Waals surface area contributed by atoms with Crippen LogP contribution < -0.4 is 0 Å². The normalized spacial score (nSPS) is 55.9. The van der Waals surface area contributed by atoms with Crippen molar-refractivity contribution in [3.05, 3.63) is 0 Å². The first kappa shape index (κ1) is 16.2. The van der Waals surface area contributed by atoms with Gasteiger partial charge in [-0.2, -0.15) is 0 Å². The molecule has 0 radical (unpaired) electrons. The van der Waals surface area contributed by atoms with Gasteiger partial charge in [0.25, 0.3) is 0 Å². The van der Waals surface area contributed by atoms with Crippen LogP contribution in [0.2, 0.25) is 0 Å². The van der Waals surface area contributed by atoms with Gasteiger partial charge in [0, 0.05) is 11.8 Å². The number of hydrogen-bond acceptors (Lipinski definition) is 1. The maximum atomic E-state index is 13.3. The van der Waals surface area contributed by atoms with Crippen molar-refractivity contribution in [2.24, 2.45) is 46.3 Å². The molecule has 4 saturated carbocycles. The van der Waals surface area contributed by atoms with Crippen LogP contribution in [0.5, 0.6) is 0 Å². The summed E-state index contributed by atoms with van der Waals surface area (Å²) in [6.45, 7) is 9.67. The van der Waals surface area contributed by atoms with Crippen LogP contribution in [0.3, 0.4) is 0 Å². The highest BCUT2D eigenvalue weighted by molar-refractivity contribution is 5.87. The van der Waals surface area contributed by atoms with Crippen molar-refractivity contribution < 1.29 is 4.79 Å². The van der Waals surface area contributed by atoms with E-state index >= 15 is 0 Å². The van der Waals surface area contributed by atoms with Gasteiger partial charge < -0.3 is 0 Å². The van der Waals surface area contributed by atoms with E-state index in [-0.39, 0.29) is 5.41 Å². The van der Waals surface area contributed by atoms with Crippen LogP contribution in [-0.2, 0) is 4.79 Å². The summed E-state index contributed by atoms with van der Waals surface area (Å²) in [4.78, 5) is 13.3. The van der Waals surface area contributed by atoms with Crippen LogP contribution in [-0.4, -0.2) is 5.78 Å². The zero-order chi connectivity index (χ0) is 16.4. The summed E-state index contributed by atoms with van der Waals surface area (Å²) in [6, 6.07) is 0. The fraction of sp³-hybridized carbons (Fsp3) is 0.955. The molecule has 4 fully saturated rings. The van der Waals surface area contributed by atoms with E-state index in [1.165, 1.54) is 51.4 Å². The van der Waals surface area contributed by atoms with Crippen molar-refractivity contribution >= 4 is 5.78 Å². The first-order valence-electron chi connectivity index (χ1n) is 10.4. The van der Waals surface area contributed by atoms with Crippen molar-refractivity contribution in [2.45, 2.75) is 85.5 Å². The van der Waals surface area contributed by atoms with Gasteiger partial charge in [0.15, 0.2) is 0 Å². The molecule has 0 aromatic heterocycles. The Balaban J connectivity index is 1.67. The quantitative estimate of drug-likeness (QED) is 0.591. The van der Waals surface area contributed by atoms with E-state index in [4.69, 9.17) is 0 Å². The smallest absolute Gasteiger partial charge is 0.139 e. The summed E-state index contributed by atoms with van der Waals surface area (Å²) in [5.74, 6) is 5.37. The Morgan fingerprint density at radius 3 is 2.57 bits per heavy atom. The molecule has 4 rings (SSSR count). The van der Waals surface area contributed by atoms with Gasteiger partial charge in [-0.3, -0.25) is 4.79 Å². The maximum absolute atomic E-state index is 13.3. The summed E-state index contributed by atoms with van der Waals surface area (Å²) in [5.41, 5.74) is 0.498. The topological polar surface area (TPSA) is 17.1 Å². The molecule has 0 spiro atoms. The van der Waals surface area contributed by atoms with Gasteiger partial charge in [-0.25, -0.2) is 0 Å². The number of ketones is 1. The second kappa shape index (κ2) is 5.33. The van der Waals surface area contributed by atoms with Gasteiger partial charge in [0.1, 0.15) is 5.78 Å². The molecule has 0 aliphatic heterocycles. The van der Waals surface area contributed by atoms with E-state index < -0.39 is 0 Å². The molecule has 1 nitrogen and oxygen atoms in total. The molecular formula is C22H36O. The summed E-state index contributed by atoms with van der Waals surface area (Å²) in [7, 11) is 0. The van der Waals surface area contributed by atoms with Gasteiger partial charge in [0.2, 0.25) is 0 Å². The average molecular weight is 317 g/mol. The lowest BCUT2D eigenvalue weighted by Crippen LogP contribution is -2.56. The van der Waals surface area contributed by atoms with Gasteiger partial charge in [0.05, 0.1) is 0 Å². The molecule has 4 aliphatic carbocycles. The molecule has 23 heavy (non-hydrogen) atoms. The zero-order valence-electron chi connectivity index (χ0n) is 15.7. The molecule has 5 unspecified atom stereocenters. The van der Waals surface area contributed by atoms with E-state index in [0.29, 0.717) is 29.0 Å². The second-order valence-corrected chi connectivity index (χ2v) is 10.1. The van der Waals surface area contributed by atoms with Crippen molar-refractivity contribution in [1.29, 1.82) is 0 Å². The SMILES string of the molecule is CC[C@H]1CCC2C3CCC4CC(C)CC[C@]4(C)C3CC(=O)[C@@]21C. The number of hydrogen-bond donors (Lipinski definition) is 0. The minimum atomic E-state index is 0.0288.